The van der Waals surface area contributed by atoms with E-state index in [9.17, 15) is 14.4 Å². The number of nitrogens with zero attached hydrogens (tertiary/aromatic N) is 1. The Hall–Kier alpha value is -2.17. The van der Waals surface area contributed by atoms with Crippen molar-refractivity contribution in [3.05, 3.63) is 35.4 Å². The monoisotopic (exact) mass is 328 g/mol. The maximum Gasteiger partial charge on any atom is 0.325 e. The maximum absolute atomic E-state index is 12.7. The molecule has 3 rings (SSSR count). The molecule has 128 valence electrons. The number of imide groups is 1. The average molecular weight is 328 g/mol. The van der Waals surface area contributed by atoms with Crippen LogP contribution in [0.1, 0.15) is 55.5 Å². The highest BCUT2D eigenvalue weighted by Gasteiger charge is 2.58. The second-order valence-corrected chi connectivity index (χ2v) is 6.79. The van der Waals surface area contributed by atoms with E-state index in [1.165, 1.54) is 5.56 Å². The Bertz CT molecular complexity index is 664. The summed E-state index contributed by atoms with van der Waals surface area (Å²) in [6, 6.07) is 6.98. The van der Waals surface area contributed by atoms with E-state index >= 15 is 0 Å². The van der Waals surface area contributed by atoms with Gasteiger partial charge in [0.15, 0.2) is 5.78 Å². The molecule has 1 saturated heterocycles. The first kappa shape index (κ1) is 16.7. The second-order valence-electron chi connectivity index (χ2n) is 6.79. The van der Waals surface area contributed by atoms with Gasteiger partial charge in [0.05, 0.1) is 6.54 Å². The standard InChI is InChI=1S/C19H24N2O3/c1-3-5-13-6-8-14(9-7-13)16(22)12-21-17(23)19(4-2,15-10-11-15)20-18(21)24/h6-9,15H,3-5,10-12H2,1-2H3,(H,20,24)/t19-/m1/s1. The number of rotatable bonds is 7. The van der Waals surface area contributed by atoms with E-state index in [1.807, 2.05) is 19.1 Å². The summed E-state index contributed by atoms with van der Waals surface area (Å²) in [5, 5.41) is 2.85. The van der Waals surface area contributed by atoms with Crippen molar-refractivity contribution in [1.29, 1.82) is 0 Å². The van der Waals surface area contributed by atoms with Crippen molar-refractivity contribution in [3.63, 3.8) is 0 Å². The number of carbonyl (C=O) groups is 3. The molecule has 5 nitrogen and oxygen atoms in total. The van der Waals surface area contributed by atoms with Gasteiger partial charge in [0.1, 0.15) is 5.54 Å². The Morgan fingerprint density at radius 2 is 1.88 bits per heavy atom. The summed E-state index contributed by atoms with van der Waals surface area (Å²) in [4.78, 5) is 38.5. The van der Waals surface area contributed by atoms with Crippen molar-refractivity contribution in [2.45, 2.75) is 51.5 Å². The van der Waals surface area contributed by atoms with Gasteiger partial charge in [-0.15, -0.1) is 0 Å². The molecular formula is C19H24N2O3. The Morgan fingerprint density at radius 3 is 2.42 bits per heavy atom. The first-order valence-corrected chi connectivity index (χ1v) is 8.78. The minimum absolute atomic E-state index is 0.188. The van der Waals surface area contributed by atoms with Gasteiger partial charge >= 0.3 is 6.03 Å². The molecule has 0 aromatic heterocycles. The lowest BCUT2D eigenvalue weighted by atomic mass is 9.90. The van der Waals surface area contributed by atoms with Gasteiger partial charge in [-0.1, -0.05) is 44.5 Å². The van der Waals surface area contributed by atoms with Crippen LogP contribution in [0.15, 0.2) is 24.3 Å². The Morgan fingerprint density at radius 1 is 1.21 bits per heavy atom. The van der Waals surface area contributed by atoms with Gasteiger partial charge in [-0.3, -0.25) is 14.5 Å². The molecule has 1 N–H and O–H groups in total. The first-order valence-electron chi connectivity index (χ1n) is 8.78. The summed E-state index contributed by atoms with van der Waals surface area (Å²) in [6.07, 6.45) is 4.51. The normalized spacial score (nSPS) is 23.5. The first-order chi connectivity index (χ1) is 11.5. The van der Waals surface area contributed by atoms with Crippen molar-refractivity contribution in [2.75, 3.05) is 6.54 Å². The number of aryl methyl sites for hydroxylation is 1. The maximum atomic E-state index is 12.7. The lowest BCUT2D eigenvalue weighted by Gasteiger charge is -2.24. The molecule has 2 aliphatic rings. The Labute approximate surface area is 142 Å². The fourth-order valence-electron chi connectivity index (χ4n) is 3.55. The molecule has 2 fully saturated rings. The quantitative estimate of drug-likeness (QED) is 0.618. The fourth-order valence-corrected chi connectivity index (χ4v) is 3.55. The highest BCUT2D eigenvalue weighted by atomic mass is 16.2. The summed E-state index contributed by atoms with van der Waals surface area (Å²) in [6.45, 7) is 3.83. The molecule has 0 bridgehead atoms. The Balaban J connectivity index is 1.72. The number of hydrogen-bond acceptors (Lipinski definition) is 3. The molecule has 0 spiro atoms. The van der Waals surface area contributed by atoms with Crippen LogP contribution in [-0.4, -0.2) is 34.7 Å². The number of nitrogens with one attached hydrogen (secondary N) is 1. The van der Waals surface area contributed by atoms with Crippen molar-refractivity contribution in [2.24, 2.45) is 5.92 Å². The zero-order valence-corrected chi connectivity index (χ0v) is 14.3. The number of Topliss-reactive ketones (excluding diaryl/α,β-unsaturated/α-hetero) is 1. The van der Waals surface area contributed by atoms with Crippen LogP contribution in [0.3, 0.4) is 0 Å². The lowest BCUT2D eigenvalue weighted by molar-refractivity contribution is -0.131. The van der Waals surface area contributed by atoms with Crippen LogP contribution in [0.2, 0.25) is 0 Å². The minimum atomic E-state index is -0.789. The van der Waals surface area contributed by atoms with Gasteiger partial charge in [-0.2, -0.15) is 0 Å². The molecule has 5 heteroatoms. The molecular weight excluding hydrogens is 304 g/mol. The molecule has 1 saturated carbocycles. The van der Waals surface area contributed by atoms with Crippen molar-refractivity contribution in [3.8, 4) is 0 Å². The fraction of sp³-hybridized carbons (Fsp3) is 0.526. The molecule has 0 radical (unpaired) electrons. The van der Waals surface area contributed by atoms with Crippen molar-refractivity contribution >= 4 is 17.7 Å². The van der Waals surface area contributed by atoms with Crippen molar-refractivity contribution in [1.82, 2.24) is 10.2 Å². The van der Waals surface area contributed by atoms with Gasteiger partial charge < -0.3 is 5.32 Å². The third-order valence-corrected chi connectivity index (χ3v) is 5.15. The number of ketones is 1. The van der Waals surface area contributed by atoms with Crippen LogP contribution in [-0.2, 0) is 11.2 Å². The summed E-state index contributed by atoms with van der Waals surface area (Å²) in [5.74, 6) is -0.231. The van der Waals surface area contributed by atoms with Gasteiger partial charge in [-0.05, 0) is 37.2 Å². The van der Waals surface area contributed by atoms with Gasteiger partial charge in [-0.25, -0.2) is 4.79 Å². The average Bonchev–Trinajstić information content (AvgIpc) is 3.39. The topological polar surface area (TPSA) is 66.5 Å². The molecule has 1 aliphatic carbocycles. The summed E-state index contributed by atoms with van der Waals surface area (Å²) >= 11 is 0. The molecule has 1 aromatic carbocycles. The summed E-state index contributed by atoms with van der Waals surface area (Å²) in [5.41, 5.74) is 0.932. The smallest absolute Gasteiger partial charge is 0.323 e. The molecule has 24 heavy (non-hydrogen) atoms. The molecule has 1 heterocycles. The van der Waals surface area contributed by atoms with Crippen LogP contribution in [0.4, 0.5) is 4.79 Å². The lowest BCUT2D eigenvalue weighted by Crippen LogP contribution is -2.48. The largest absolute Gasteiger partial charge is 0.325 e. The van der Waals surface area contributed by atoms with Crippen LogP contribution < -0.4 is 5.32 Å². The third kappa shape index (κ3) is 2.83. The highest BCUT2D eigenvalue weighted by molar-refractivity contribution is 6.11. The SMILES string of the molecule is CCCc1ccc(C(=O)CN2C(=O)N[C@](CC)(C3CC3)C2=O)cc1. The number of hydrogen-bond donors (Lipinski definition) is 1. The van der Waals surface area contributed by atoms with E-state index in [0.29, 0.717) is 12.0 Å². The van der Waals surface area contributed by atoms with E-state index in [-0.39, 0.29) is 24.2 Å². The van der Waals surface area contributed by atoms with Crippen LogP contribution >= 0.6 is 0 Å². The third-order valence-electron chi connectivity index (χ3n) is 5.15. The highest BCUT2D eigenvalue weighted by Crippen LogP contribution is 2.44. The van der Waals surface area contributed by atoms with E-state index < -0.39 is 11.6 Å². The van der Waals surface area contributed by atoms with Gasteiger partial charge in [0, 0.05) is 5.56 Å². The molecule has 0 unspecified atom stereocenters. The van der Waals surface area contributed by atoms with Gasteiger partial charge in [0.25, 0.3) is 5.91 Å². The van der Waals surface area contributed by atoms with Crippen molar-refractivity contribution < 1.29 is 14.4 Å². The zero-order valence-electron chi connectivity index (χ0n) is 14.3. The van der Waals surface area contributed by atoms with Crippen LogP contribution in [0.25, 0.3) is 0 Å². The van der Waals surface area contributed by atoms with E-state index in [0.717, 1.165) is 30.6 Å². The molecule has 3 amide bonds. The predicted octanol–water partition coefficient (Wildman–Crippen LogP) is 2.93. The van der Waals surface area contributed by atoms with Gasteiger partial charge in [0.2, 0.25) is 0 Å². The van der Waals surface area contributed by atoms with E-state index in [1.54, 1.807) is 12.1 Å². The number of amides is 3. The number of urea groups is 1. The van der Waals surface area contributed by atoms with Crippen LogP contribution in [0.5, 0.6) is 0 Å². The summed E-state index contributed by atoms with van der Waals surface area (Å²) in [7, 11) is 0. The van der Waals surface area contributed by atoms with E-state index in [2.05, 4.69) is 12.2 Å². The molecule has 1 aromatic rings. The predicted molar refractivity (Wildman–Crippen MR) is 90.8 cm³/mol. The van der Waals surface area contributed by atoms with Crippen LogP contribution in [0, 0.1) is 5.92 Å². The number of carbonyl (C=O) groups excluding carboxylic acids is 3. The minimum Gasteiger partial charge on any atom is -0.323 e. The molecule has 1 aliphatic heterocycles. The zero-order chi connectivity index (χ0) is 17.3. The molecule has 1 atom stereocenters. The van der Waals surface area contributed by atoms with E-state index in [4.69, 9.17) is 0 Å². The Kier molecular flexibility index (Phi) is 4.43. The second kappa shape index (κ2) is 6.38. The number of benzene rings is 1. The summed E-state index contributed by atoms with van der Waals surface area (Å²) < 4.78 is 0.